The first-order valence-corrected chi connectivity index (χ1v) is 9.34. The molecule has 2 aromatic carbocycles. The molecule has 3 rings (SSSR count). The predicted octanol–water partition coefficient (Wildman–Crippen LogP) is 2.67. The minimum atomic E-state index is -2.45. The lowest BCUT2D eigenvalue weighted by atomic mass is 10.1. The summed E-state index contributed by atoms with van der Waals surface area (Å²) in [6.07, 6.45) is 0. The summed E-state index contributed by atoms with van der Waals surface area (Å²) in [7, 11) is 0. The van der Waals surface area contributed by atoms with Gasteiger partial charge in [-0.2, -0.15) is 8.78 Å². The normalized spacial score (nSPS) is 15.2. The molecule has 0 radical (unpaired) electrons. The maximum Gasteiger partial charge on any atom is 0.288 e. The molecular formula is C19H21F2N2O2S+. The molecule has 0 unspecified atom stereocenters. The van der Waals surface area contributed by atoms with Gasteiger partial charge < -0.3 is 15.0 Å². The third-order valence-corrected chi connectivity index (χ3v) is 4.93. The molecule has 1 heterocycles. The Bertz CT molecular complexity index is 717. The SMILES string of the molecule is O=C(Nc1ccc(SC(F)F)cc1)c1ccc(C[NH+]2CCOCC2)cc1. The Labute approximate surface area is 155 Å². The Morgan fingerprint density at radius 3 is 2.35 bits per heavy atom. The van der Waals surface area contributed by atoms with Crippen LogP contribution in [0.2, 0.25) is 0 Å². The van der Waals surface area contributed by atoms with Crippen molar-refractivity contribution in [3.05, 3.63) is 59.7 Å². The Morgan fingerprint density at radius 2 is 1.73 bits per heavy atom. The van der Waals surface area contributed by atoms with E-state index in [9.17, 15) is 13.6 Å². The standard InChI is InChI=1S/C19H20F2N2O2S/c20-19(21)26-17-7-5-16(6-8-17)22-18(24)15-3-1-14(2-4-15)13-23-9-11-25-12-10-23/h1-8,19H,9-13H2,(H,22,24)/p+1. The third kappa shape index (κ3) is 5.52. The number of quaternary nitrogens is 1. The highest BCUT2D eigenvalue weighted by molar-refractivity contribution is 7.99. The number of ether oxygens (including phenoxy) is 1. The van der Waals surface area contributed by atoms with Gasteiger partial charge in [0.05, 0.1) is 13.2 Å². The number of carbonyl (C=O) groups is 1. The first-order chi connectivity index (χ1) is 12.6. The zero-order valence-electron chi connectivity index (χ0n) is 14.2. The molecule has 2 aromatic rings. The zero-order valence-corrected chi connectivity index (χ0v) is 15.0. The molecule has 1 fully saturated rings. The Kier molecular flexibility index (Phi) is 6.60. The number of benzene rings is 2. The number of thioether (sulfide) groups is 1. The van der Waals surface area contributed by atoms with Gasteiger partial charge in [0.15, 0.2) is 0 Å². The maximum atomic E-state index is 12.3. The maximum absolute atomic E-state index is 12.3. The number of morpholine rings is 1. The van der Waals surface area contributed by atoms with Crippen LogP contribution < -0.4 is 10.2 Å². The van der Waals surface area contributed by atoms with Crippen molar-refractivity contribution in [3.8, 4) is 0 Å². The predicted molar refractivity (Wildman–Crippen MR) is 97.9 cm³/mol. The van der Waals surface area contributed by atoms with E-state index >= 15 is 0 Å². The molecule has 0 aromatic heterocycles. The quantitative estimate of drug-likeness (QED) is 0.759. The fourth-order valence-electron chi connectivity index (χ4n) is 2.82. The number of halogens is 2. The summed E-state index contributed by atoms with van der Waals surface area (Å²) in [5.41, 5.74) is 2.33. The first-order valence-electron chi connectivity index (χ1n) is 8.46. The summed E-state index contributed by atoms with van der Waals surface area (Å²) in [5.74, 6) is -2.67. The molecule has 1 saturated heterocycles. The summed E-state index contributed by atoms with van der Waals surface area (Å²) >= 11 is 0.482. The largest absolute Gasteiger partial charge is 0.370 e. The van der Waals surface area contributed by atoms with Gasteiger partial charge in [-0.05, 0) is 36.4 Å². The van der Waals surface area contributed by atoms with E-state index in [0.717, 1.165) is 32.8 Å². The van der Waals surface area contributed by atoms with Crippen LogP contribution in [0.3, 0.4) is 0 Å². The zero-order chi connectivity index (χ0) is 18.4. The third-order valence-electron chi connectivity index (χ3n) is 4.21. The van der Waals surface area contributed by atoms with Crippen LogP contribution in [-0.4, -0.2) is 38.0 Å². The lowest BCUT2D eigenvalue weighted by Crippen LogP contribution is -3.12. The number of rotatable bonds is 6. The van der Waals surface area contributed by atoms with Crippen LogP contribution in [0.4, 0.5) is 14.5 Å². The smallest absolute Gasteiger partial charge is 0.288 e. The second kappa shape index (κ2) is 9.12. The molecule has 1 amide bonds. The number of alkyl halides is 2. The molecular weight excluding hydrogens is 358 g/mol. The molecule has 0 aliphatic carbocycles. The monoisotopic (exact) mass is 379 g/mol. The van der Waals surface area contributed by atoms with Gasteiger partial charge in [0.25, 0.3) is 11.7 Å². The summed E-state index contributed by atoms with van der Waals surface area (Å²) < 4.78 is 30.0. The van der Waals surface area contributed by atoms with Gasteiger partial charge >= 0.3 is 0 Å². The number of amides is 1. The van der Waals surface area contributed by atoms with E-state index in [1.165, 1.54) is 10.5 Å². The molecule has 0 spiro atoms. The van der Waals surface area contributed by atoms with Crippen molar-refractivity contribution in [1.29, 1.82) is 0 Å². The Hall–Kier alpha value is -1.96. The summed E-state index contributed by atoms with van der Waals surface area (Å²) in [6.45, 7) is 4.52. The van der Waals surface area contributed by atoms with Crippen LogP contribution in [0.25, 0.3) is 0 Å². The summed E-state index contributed by atoms with van der Waals surface area (Å²) in [4.78, 5) is 14.3. The van der Waals surface area contributed by atoms with Crippen molar-refractivity contribution in [2.75, 3.05) is 31.6 Å². The van der Waals surface area contributed by atoms with Crippen molar-refractivity contribution in [2.24, 2.45) is 0 Å². The van der Waals surface area contributed by atoms with Gasteiger partial charge in [-0.3, -0.25) is 4.79 Å². The van der Waals surface area contributed by atoms with E-state index in [-0.39, 0.29) is 5.91 Å². The van der Waals surface area contributed by atoms with Crippen molar-refractivity contribution >= 4 is 23.4 Å². The van der Waals surface area contributed by atoms with Crippen LogP contribution in [0.1, 0.15) is 15.9 Å². The van der Waals surface area contributed by atoms with E-state index in [1.807, 2.05) is 24.3 Å². The van der Waals surface area contributed by atoms with Gasteiger partial charge in [0.2, 0.25) is 0 Å². The molecule has 1 aliphatic heterocycles. The van der Waals surface area contributed by atoms with E-state index in [1.54, 1.807) is 24.3 Å². The van der Waals surface area contributed by atoms with E-state index in [2.05, 4.69) is 5.32 Å². The number of anilines is 1. The summed E-state index contributed by atoms with van der Waals surface area (Å²) in [6, 6.07) is 14.0. The first kappa shape index (κ1) is 18.8. The van der Waals surface area contributed by atoms with Crippen molar-refractivity contribution in [3.63, 3.8) is 0 Å². The lowest BCUT2D eigenvalue weighted by molar-refractivity contribution is -0.921. The van der Waals surface area contributed by atoms with Crippen LogP contribution >= 0.6 is 11.8 Å². The molecule has 0 atom stereocenters. The minimum Gasteiger partial charge on any atom is -0.370 e. The molecule has 2 N–H and O–H groups in total. The fourth-order valence-corrected chi connectivity index (χ4v) is 3.32. The van der Waals surface area contributed by atoms with Gasteiger partial charge in [0, 0.05) is 21.7 Å². The lowest BCUT2D eigenvalue weighted by Gasteiger charge is -2.23. The average Bonchev–Trinajstić information content (AvgIpc) is 2.64. The summed E-state index contributed by atoms with van der Waals surface area (Å²) in [5, 5.41) is 2.78. The molecule has 1 aliphatic rings. The van der Waals surface area contributed by atoms with Gasteiger partial charge in [-0.25, -0.2) is 0 Å². The van der Waals surface area contributed by atoms with E-state index in [4.69, 9.17) is 4.74 Å². The molecule has 26 heavy (non-hydrogen) atoms. The van der Waals surface area contributed by atoms with Crippen LogP contribution in [-0.2, 0) is 11.3 Å². The second-order valence-corrected chi connectivity index (χ2v) is 7.16. The second-order valence-electron chi connectivity index (χ2n) is 6.09. The topological polar surface area (TPSA) is 42.8 Å². The van der Waals surface area contributed by atoms with E-state index < -0.39 is 5.76 Å². The van der Waals surface area contributed by atoms with Crippen molar-refractivity contribution < 1.29 is 23.2 Å². The molecule has 0 saturated carbocycles. The van der Waals surface area contributed by atoms with Gasteiger partial charge in [0.1, 0.15) is 19.6 Å². The fraction of sp³-hybridized carbons (Fsp3) is 0.316. The van der Waals surface area contributed by atoms with Crippen molar-refractivity contribution in [2.45, 2.75) is 17.2 Å². The molecule has 0 bridgehead atoms. The highest BCUT2D eigenvalue weighted by atomic mass is 32.2. The Morgan fingerprint density at radius 1 is 1.08 bits per heavy atom. The molecule has 4 nitrogen and oxygen atoms in total. The number of carbonyl (C=O) groups excluding carboxylic acids is 1. The molecule has 7 heteroatoms. The van der Waals surface area contributed by atoms with Crippen molar-refractivity contribution in [1.82, 2.24) is 0 Å². The van der Waals surface area contributed by atoms with Crippen LogP contribution in [0, 0.1) is 0 Å². The van der Waals surface area contributed by atoms with Crippen LogP contribution in [0.15, 0.2) is 53.4 Å². The highest BCUT2D eigenvalue weighted by Gasteiger charge is 2.14. The van der Waals surface area contributed by atoms with Gasteiger partial charge in [-0.1, -0.05) is 23.9 Å². The Balaban J connectivity index is 1.55. The average molecular weight is 379 g/mol. The molecule has 138 valence electrons. The van der Waals surface area contributed by atoms with E-state index in [0.29, 0.717) is 27.9 Å². The number of nitrogens with one attached hydrogen (secondary N) is 2. The number of hydrogen-bond donors (Lipinski definition) is 2. The number of hydrogen-bond acceptors (Lipinski definition) is 3. The highest BCUT2D eigenvalue weighted by Crippen LogP contribution is 2.26. The minimum absolute atomic E-state index is 0.218. The van der Waals surface area contributed by atoms with Crippen LogP contribution in [0.5, 0.6) is 0 Å². The van der Waals surface area contributed by atoms with Gasteiger partial charge in [-0.15, -0.1) is 0 Å².